The van der Waals surface area contributed by atoms with Crippen LogP contribution >= 0.6 is 19.8 Å². The van der Waals surface area contributed by atoms with Gasteiger partial charge in [0.05, 0.1) is 5.75 Å². The molecule has 0 radical (unpaired) electrons. The number of hydrogen-bond acceptors (Lipinski definition) is 2. The highest BCUT2D eigenvalue weighted by molar-refractivity contribution is 8.43. The monoisotopic (exact) mass is 126 g/mol. The number of aliphatic hydroxyl groups is 1. The lowest BCUT2D eigenvalue weighted by Gasteiger charge is -1.91. The Balaban J connectivity index is 2.63. The lowest BCUT2D eigenvalue weighted by Crippen LogP contribution is -2.62. The van der Waals surface area contributed by atoms with E-state index in [1.54, 1.807) is 0 Å². The largest absolute Gasteiger partial charge is 0.344 e. The van der Waals surface area contributed by atoms with Gasteiger partial charge < -0.3 is 10.8 Å². The Hall–Kier alpha value is 0.700. The molecule has 0 aliphatic heterocycles. The Morgan fingerprint density at radius 1 is 2.00 bits per heavy atom. The summed E-state index contributed by atoms with van der Waals surface area (Å²) in [6, 6.07) is 0. The molecule has 0 aliphatic carbocycles. The maximum Gasteiger partial charge on any atom is 0.195 e. The van der Waals surface area contributed by atoms with E-state index in [1.165, 1.54) is 11.4 Å². The molecule has 0 aromatic heterocycles. The molecular weight excluding hydrogens is 117 g/mol. The Labute approximate surface area is 43.4 Å². The van der Waals surface area contributed by atoms with Gasteiger partial charge in [0.2, 0.25) is 0 Å². The molecule has 4 heteroatoms. The van der Waals surface area contributed by atoms with Gasteiger partial charge in [-0.3, -0.25) is 0 Å². The molecule has 2 atom stereocenters. The van der Waals surface area contributed by atoms with Crippen molar-refractivity contribution in [3.63, 3.8) is 0 Å². The molecule has 0 amide bonds. The zero-order valence-corrected chi connectivity index (χ0v) is 5.40. The third kappa shape index (κ3) is 4.70. The first kappa shape index (κ1) is 6.70. The van der Waals surface area contributed by atoms with Crippen LogP contribution in [-0.2, 0) is 0 Å². The highest BCUT2D eigenvalue weighted by atomic mass is 32.7. The third-order valence-corrected chi connectivity index (χ3v) is 1.44. The fourth-order valence-electron chi connectivity index (χ4n) is 0.111. The molecule has 0 saturated carbocycles. The molecule has 0 bridgehead atoms. The maximum atomic E-state index is 8.41. The SMILES string of the molecule is [NH3+]C(O)CSP. The second-order valence-corrected chi connectivity index (χ2v) is 2.65. The van der Waals surface area contributed by atoms with Crippen LogP contribution in [0.5, 0.6) is 0 Å². The smallest absolute Gasteiger partial charge is 0.195 e. The quantitative estimate of drug-likeness (QED) is 0.371. The van der Waals surface area contributed by atoms with Gasteiger partial charge in [-0.15, -0.1) is 11.4 Å². The minimum absolute atomic E-state index is 0.410. The molecule has 0 aliphatic rings. The van der Waals surface area contributed by atoms with Crippen LogP contribution in [0.2, 0.25) is 0 Å². The molecule has 0 spiro atoms. The van der Waals surface area contributed by atoms with Crippen molar-refractivity contribution in [2.75, 3.05) is 5.75 Å². The standard InChI is InChI=1S/C2H8NOPS/c3-2(4)1-6-5/h2,4H,1,3,5H2/p+1. The number of hydrogen-bond donors (Lipinski definition) is 2. The number of rotatable bonds is 2. The van der Waals surface area contributed by atoms with Gasteiger partial charge in [0, 0.05) is 0 Å². The van der Waals surface area contributed by atoms with Crippen molar-refractivity contribution in [2.45, 2.75) is 6.23 Å². The van der Waals surface area contributed by atoms with E-state index in [9.17, 15) is 0 Å². The van der Waals surface area contributed by atoms with Gasteiger partial charge in [0.15, 0.2) is 6.23 Å². The molecule has 38 valence electrons. The summed E-state index contributed by atoms with van der Waals surface area (Å²) in [6.07, 6.45) is -0.410. The number of aliphatic hydroxyl groups excluding tert-OH is 1. The van der Waals surface area contributed by atoms with Crippen molar-refractivity contribution in [3.8, 4) is 0 Å². The molecule has 0 aromatic rings. The molecule has 2 nitrogen and oxygen atoms in total. The summed E-state index contributed by atoms with van der Waals surface area (Å²) in [6.45, 7) is 0. The van der Waals surface area contributed by atoms with Crippen LogP contribution < -0.4 is 5.73 Å². The Morgan fingerprint density at radius 3 is 2.50 bits per heavy atom. The van der Waals surface area contributed by atoms with Crippen molar-refractivity contribution in [1.82, 2.24) is 0 Å². The predicted molar refractivity (Wildman–Crippen MR) is 31.1 cm³/mol. The van der Waals surface area contributed by atoms with E-state index in [4.69, 9.17) is 5.11 Å². The maximum absolute atomic E-state index is 8.41. The van der Waals surface area contributed by atoms with Crippen LogP contribution in [-0.4, -0.2) is 17.1 Å². The van der Waals surface area contributed by atoms with Crippen LogP contribution in [0.3, 0.4) is 0 Å². The van der Waals surface area contributed by atoms with Gasteiger partial charge in [-0.05, 0) is 0 Å². The zero-order valence-electron chi connectivity index (χ0n) is 3.42. The summed E-state index contributed by atoms with van der Waals surface area (Å²) in [7, 11) is 2.44. The molecule has 0 rings (SSSR count). The van der Waals surface area contributed by atoms with Gasteiger partial charge in [-0.1, -0.05) is 8.44 Å². The van der Waals surface area contributed by atoms with Crippen molar-refractivity contribution in [3.05, 3.63) is 0 Å². The van der Waals surface area contributed by atoms with Crippen LogP contribution in [0, 0.1) is 0 Å². The lowest BCUT2D eigenvalue weighted by molar-refractivity contribution is -0.473. The van der Waals surface area contributed by atoms with Crippen LogP contribution in [0.4, 0.5) is 0 Å². The normalized spacial score (nSPS) is 14.5. The minimum Gasteiger partial charge on any atom is -0.344 e. The summed E-state index contributed by atoms with van der Waals surface area (Å²) < 4.78 is 0. The van der Waals surface area contributed by atoms with Gasteiger partial charge in [-0.25, -0.2) is 0 Å². The van der Waals surface area contributed by atoms with E-state index in [-0.39, 0.29) is 0 Å². The zero-order chi connectivity index (χ0) is 4.99. The molecular formula is C2H9NOPS+. The lowest BCUT2D eigenvalue weighted by atomic mass is 10.7. The Morgan fingerprint density at radius 2 is 2.50 bits per heavy atom. The molecule has 0 heterocycles. The third-order valence-electron chi connectivity index (χ3n) is 0.289. The van der Waals surface area contributed by atoms with Gasteiger partial charge in [0.25, 0.3) is 0 Å². The van der Waals surface area contributed by atoms with E-state index in [0.717, 1.165) is 0 Å². The Bertz CT molecular complexity index is 34.7. The summed E-state index contributed by atoms with van der Waals surface area (Å²) in [5, 5.41) is 8.41. The molecule has 0 aromatic carbocycles. The highest BCUT2D eigenvalue weighted by Gasteiger charge is 1.92. The summed E-state index contributed by atoms with van der Waals surface area (Å²) in [5.41, 5.74) is 3.35. The van der Waals surface area contributed by atoms with Crippen LogP contribution in [0.1, 0.15) is 0 Å². The first-order chi connectivity index (χ1) is 2.77. The summed E-state index contributed by atoms with van der Waals surface area (Å²) >= 11 is 1.51. The van der Waals surface area contributed by atoms with Crippen molar-refractivity contribution < 1.29 is 10.8 Å². The fraction of sp³-hybridized carbons (Fsp3) is 1.00. The van der Waals surface area contributed by atoms with E-state index in [2.05, 4.69) is 14.2 Å². The molecule has 6 heavy (non-hydrogen) atoms. The Kier molecular flexibility index (Phi) is 4.33. The number of quaternary nitrogens is 1. The average Bonchev–Trinajstić information content (AvgIpc) is 1.35. The first-order valence-electron chi connectivity index (χ1n) is 1.60. The van der Waals surface area contributed by atoms with E-state index in [0.29, 0.717) is 5.75 Å². The summed E-state index contributed by atoms with van der Waals surface area (Å²) in [5.74, 6) is 0.699. The second kappa shape index (κ2) is 3.88. The van der Waals surface area contributed by atoms with E-state index < -0.39 is 6.23 Å². The van der Waals surface area contributed by atoms with E-state index in [1.807, 2.05) is 0 Å². The average molecular weight is 126 g/mol. The topological polar surface area (TPSA) is 47.9 Å². The van der Waals surface area contributed by atoms with Gasteiger partial charge in [-0.2, -0.15) is 0 Å². The van der Waals surface area contributed by atoms with Crippen LogP contribution in [0.25, 0.3) is 0 Å². The first-order valence-corrected chi connectivity index (χ1v) is 4.06. The van der Waals surface area contributed by atoms with E-state index >= 15 is 0 Å². The molecule has 0 saturated heterocycles. The van der Waals surface area contributed by atoms with Gasteiger partial charge >= 0.3 is 0 Å². The predicted octanol–water partition coefficient (Wildman–Crippen LogP) is -0.930. The molecule has 4 N–H and O–H groups in total. The van der Waals surface area contributed by atoms with Gasteiger partial charge in [0.1, 0.15) is 0 Å². The van der Waals surface area contributed by atoms with Crippen molar-refractivity contribution >= 4 is 19.8 Å². The minimum atomic E-state index is -0.410. The van der Waals surface area contributed by atoms with Crippen molar-refractivity contribution in [1.29, 1.82) is 0 Å². The molecule has 2 unspecified atom stereocenters. The molecule has 0 fully saturated rings. The van der Waals surface area contributed by atoms with Crippen molar-refractivity contribution in [2.24, 2.45) is 0 Å². The summed E-state index contributed by atoms with van der Waals surface area (Å²) in [4.78, 5) is 0. The van der Waals surface area contributed by atoms with Crippen LogP contribution in [0.15, 0.2) is 0 Å². The fourth-order valence-corrected chi connectivity index (χ4v) is 1.000. The highest BCUT2D eigenvalue weighted by Crippen LogP contribution is 2.08. The second-order valence-electron chi connectivity index (χ2n) is 0.987.